The molecule has 0 amide bonds. The molecule has 1 aromatic rings. The molecule has 1 saturated heterocycles. The summed E-state index contributed by atoms with van der Waals surface area (Å²) in [6, 6.07) is 2.89. The third-order valence-electron chi connectivity index (χ3n) is 2.63. The van der Waals surface area contributed by atoms with Crippen LogP contribution in [0.4, 0.5) is 10.2 Å². The van der Waals surface area contributed by atoms with Crippen LogP contribution in [0.25, 0.3) is 0 Å². The highest BCUT2D eigenvalue weighted by molar-refractivity contribution is 8.26. The lowest BCUT2D eigenvalue weighted by atomic mass is 10.3. The van der Waals surface area contributed by atoms with Gasteiger partial charge in [-0.2, -0.15) is 4.39 Å². The maximum Gasteiger partial charge on any atom is 0.233 e. The molecule has 1 atom stereocenters. The van der Waals surface area contributed by atoms with Crippen molar-refractivity contribution in [2.45, 2.75) is 12.5 Å². The lowest BCUT2D eigenvalue weighted by Gasteiger charge is -2.15. The van der Waals surface area contributed by atoms with Crippen LogP contribution in [0, 0.1) is 11.4 Å². The highest BCUT2D eigenvalue weighted by Crippen LogP contribution is 2.19. The Kier molecular flexibility index (Phi) is 4.15. The van der Waals surface area contributed by atoms with E-state index in [1.165, 1.54) is 6.07 Å². The molecule has 2 rings (SSSR count). The van der Waals surface area contributed by atoms with Crippen molar-refractivity contribution in [3.63, 3.8) is 0 Å². The maximum absolute atomic E-state index is 12.7. The summed E-state index contributed by atoms with van der Waals surface area (Å²) in [5, 5.41) is 14.5. The SMILES string of the molecule is N=C(N)SC(N)=NC1CCN(c2ccc(F)nn2)C1. The van der Waals surface area contributed by atoms with E-state index in [9.17, 15) is 4.39 Å². The van der Waals surface area contributed by atoms with Crippen molar-refractivity contribution in [1.29, 1.82) is 5.41 Å². The number of nitrogens with two attached hydrogens (primary N) is 2. The van der Waals surface area contributed by atoms with E-state index in [4.69, 9.17) is 16.9 Å². The molecule has 1 aliphatic heterocycles. The second-order valence-corrected chi connectivity index (χ2v) is 5.10. The normalized spacial score (nSPS) is 19.7. The third-order valence-corrected chi connectivity index (χ3v) is 3.16. The number of halogens is 1. The molecule has 0 radical (unpaired) electrons. The fraction of sp³-hybridized carbons (Fsp3) is 0.400. The number of anilines is 1. The Morgan fingerprint density at radius 1 is 1.47 bits per heavy atom. The minimum atomic E-state index is -0.598. The maximum atomic E-state index is 12.7. The molecule has 0 bridgehead atoms. The predicted molar refractivity (Wildman–Crippen MR) is 73.7 cm³/mol. The van der Waals surface area contributed by atoms with E-state index in [2.05, 4.69) is 15.2 Å². The van der Waals surface area contributed by atoms with Crippen LogP contribution in [0.3, 0.4) is 0 Å². The summed E-state index contributed by atoms with van der Waals surface area (Å²) in [5.41, 5.74) is 10.9. The summed E-state index contributed by atoms with van der Waals surface area (Å²) < 4.78 is 12.7. The molecule has 0 aliphatic carbocycles. The zero-order valence-electron chi connectivity index (χ0n) is 10.1. The topological polar surface area (TPSA) is 117 Å². The molecule has 1 aromatic heterocycles. The van der Waals surface area contributed by atoms with Gasteiger partial charge in [-0.05, 0) is 30.3 Å². The Hall–Kier alpha value is -1.90. The van der Waals surface area contributed by atoms with Crippen molar-refractivity contribution in [3.8, 4) is 0 Å². The smallest absolute Gasteiger partial charge is 0.233 e. The fourth-order valence-corrected chi connectivity index (χ4v) is 2.28. The van der Waals surface area contributed by atoms with Gasteiger partial charge in [0.25, 0.3) is 0 Å². The van der Waals surface area contributed by atoms with Gasteiger partial charge in [-0.3, -0.25) is 10.4 Å². The molecule has 1 aliphatic rings. The van der Waals surface area contributed by atoms with Crippen molar-refractivity contribution in [2.75, 3.05) is 18.0 Å². The van der Waals surface area contributed by atoms with E-state index >= 15 is 0 Å². The molecule has 9 heteroatoms. The summed E-state index contributed by atoms with van der Waals surface area (Å²) in [6.45, 7) is 1.39. The Bertz CT molecular complexity index is 489. The largest absolute Gasteiger partial charge is 0.378 e. The molecule has 0 aromatic carbocycles. The number of amidine groups is 2. The second kappa shape index (κ2) is 5.83. The second-order valence-electron chi connectivity index (χ2n) is 4.04. The van der Waals surface area contributed by atoms with E-state index in [-0.39, 0.29) is 16.4 Å². The van der Waals surface area contributed by atoms with E-state index in [0.29, 0.717) is 12.4 Å². The van der Waals surface area contributed by atoms with Gasteiger partial charge in [0.2, 0.25) is 5.95 Å². The first-order valence-corrected chi connectivity index (χ1v) is 6.45. The molecule has 19 heavy (non-hydrogen) atoms. The first-order valence-electron chi connectivity index (χ1n) is 5.64. The van der Waals surface area contributed by atoms with Crippen LogP contribution in [-0.4, -0.2) is 39.7 Å². The van der Waals surface area contributed by atoms with Crippen molar-refractivity contribution in [3.05, 3.63) is 18.1 Å². The van der Waals surface area contributed by atoms with Gasteiger partial charge in [-0.25, -0.2) is 0 Å². The average molecular weight is 283 g/mol. The molecule has 0 spiro atoms. The van der Waals surface area contributed by atoms with E-state index in [1.807, 2.05) is 4.90 Å². The van der Waals surface area contributed by atoms with Crippen LogP contribution >= 0.6 is 11.8 Å². The van der Waals surface area contributed by atoms with Gasteiger partial charge < -0.3 is 16.4 Å². The molecule has 5 N–H and O–H groups in total. The van der Waals surface area contributed by atoms with Crippen molar-refractivity contribution in [2.24, 2.45) is 16.5 Å². The Morgan fingerprint density at radius 2 is 2.26 bits per heavy atom. The van der Waals surface area contributed by atoms with Crippen LogP contribution in [0.5, 0.6) is 0 Å². The number of hydrogen-bond acceptors (Lipinski definition) is 6. The molecule has 0 saturated carbocycles. The Labute approximate surface area is 113 Å². The molecule has 1 fully saturated rings. The zero-order valence-corrected chi connectivity index (χ0v) is 10.9. The van der Waals surface area contributed by atoms with Gasteiger partial charge in [-0.15, -0.1) is 10.2 Å². The summed E-state index contributed by atoms with van der Waals surface area (Å²) >= 11 is 0.933. The fourth-order valence-electron chi connectivity index (χ4n) is 1.85. The van der Waals surface area contributed by atoms with Gasteiger partial charge in [0, 0.05) is 13.1 Å². The number of rotatable bonds is 2. The molecular formula is C10H14FN7S. The number of nitrogens with one attached hydrogen (secondary N) is 1. The minimum absolute atomic E-state index is 0.0266. The zero-order chi connectivity index (χ0) is 13.8. The lowest BCUT2D eigenvalue weighted by Crippen LogP contribution is -2.23. The number of nitrogens with zero attached hydrogens (tertiary/aromatic N) is 4. The van der Waals surface area contributed by atoms with Crippen LogP contribution in [-0.2, 0) is 0 Å². The third kappa shape index (κ3) is 3.78. The molecule has 1 unspecified atom stereocenters. The summed E-state index contributed by atoms with van der Waals surface area (Å²) in [5.74, 6) is 0.0245. The average Bonchev–Trinajstić information content (AvgIpc) is 2.77. The summed E-state index contributed by atoms with van der Waals surface area (Å²) in [6.07, 6.45) is 0.818. The van der Waals surface area contributed by atoms with Crippen LogP contribution in [0.2, 0.25) is 0 Å². The predicted octanol–water partition coefficient (Wildman–Crippen LogP) is 0.136. The van der Waals surface area contributed by atoms with Crippen LogP contribution < -0.4 is 16.4 Å². The van der Waals surface area contributed by atoms with E-state index in [1.54, 1.807) is 6.07 Å². The number of hydrogen-bond donors (Lipinski definition) is 3. The van der Waals surface area contributed by atoms with E-state index < -0.39 is 5.95 Å². The summed E-state index contributed by atoms with van der Waals surface area (Å²) in [4.78, 5) is 6.25. The highest BCUT2D eigenvalue weighted by Gasteiger charge is 2.23. The van der Waals surface area contributed by atoms with Gasteiger partial charge in [0.05, 0.1) is 6.04 Å². The number of aliphatic imine (C=N–C) groups is 1. The van der Waals surface area contributed by atoms with Crippen LogP contribution in [0.15, 0.2) is 17.1 Å². The minimum Gasteiger partial charge on any atom is -0.378 e. The first kappa shape index (κ1) is 13.5. The number of thioether (sulfide) groups is 1. The van der Waals surface area contributed by atoms with Crippen molar-refractivity contribution < 1.29 is 4.39 Å². The Balaban J connectivity index is 1.96. The molecule has 7 nitrogen and oxygen atoms in total. The summed E-state index contributed by atoms with van der Waals surface area (Å²) in [7, 11) is 0. The number of aromatic nitrogens is 2. The van der Waals surface area contributed by atoms with Gasteiger partial charge in [-0.1, -0.05) is 0 Å². The van der Waals surface area contributed by atoms with E-state index in [0.717, 1.165) is 24.7 Å². The van der Waals surface area contributed by atoms with Crippen molar-refractivity contribution >= 4 is 27.9 Å². The molecular weight excluding hydrogens is 269 g/mol. The Morgan fingerprint density at radius 3 is 2.89 bits per heavy atom. The van der Waals surface area contributed by atoms with Gasteiger partial charge in [0.15, 0.2) is 16.2 Å². The van der Waals surface area contributed by atoms with Crippen LogP contribution in [0.1, 0.15) is 6.42 Å². The standard InChI is InChI=1S/C10H14FN7S/c11-7-1-2-8(17-16-7)18-4-3-6(5-18)15-10(14)19-9(12)13/h1-2,6H,3-5H2,(H3,12,13)(H2,14,15). The first-order chi connectivity index (χ1) is 9.04. The lowest BCUT2D eigenvalue weighted by molar-refractivity contribution is 0.562. The molecule has 2 heterocycles. The van der Waals surface area contributed by atoms with Gasteiger partial charge >= 0.3 is 0 Å². The monoisotopic (exact) mass is 283 g/mol. The quantitative estimate of drug-likeness (QED) is 0.525. The molecule has 102 valence electrons. The highest BCUT2D eigenvalue weighted by atomic mass is 32.2. The van der Waals surface area contributed by atoms with Crippen molar-refractivity contribution in [1.82, 2.24) is 10.2 Å². The van der Waals surface area contributed by atoms with Gasteiger partial charge in [0.1, 0.15) is 0 Å².